The minimum Gasteiger partial charge on any atom is -0.377 e. The molecule has 3 rings (SSSR count). The lowest BCUT2D eigenvalue weighted by atomic mass is 9.57. The van der Waals surface area contributed by atoms with E-state index in [0.29, 0.717) is 30.0 Å². The van der Waals surface area contributed by atoms with E-state index < -0.39 is 0 Å². The Hall–Kier alpha value is -0.810. The first-order chi connectivity index (χ1) is 12.4. The molecular weight excluding hydrogens is 324 g/mol. The second-order valence-electron chi connectivity index (χ2n) is 9.40. The third kappa shape index (κ3) is 4.04. The molecule has 2 aliphatic heterocycles. The molecule has 0 aromatic rings. The Labute approximate surface area is 160 Å². The van der Waals surface area contributed by atoms with Crippen molar-refractivity contribution >= 4 is 5.96 Å². The SMILES string of the molecule is CN=C(NCC(C(C)C)N1CCCCCC1)NC1C2CCOC2C1(C)C. The molecule has 5 heteroatoms. The second-order valence-corrected chi connectivity index (χ2v) is 9.40. The van der Waals surface area contributed by atoms with Crippen LogP contribution in [-0.4, -0.2) is 62.3 Å². The molecule has 0 aromatic heterocycles. The van der Waals surface area contributed by atoms with Gasteiger partial charge in [-0.15, -0.1) is 0 Å². The van der Waals surface area contributed by atoms with E-state index in [9.17, 15) is 0 Å². The standard InChI is InChI=1S/C21H40N4O/c1-15(2)17(25-11-8-6-7-9-12-25)14-23-20(22-5)24-18-16-10-13-26-19(16)21(18,3)4/h15-19H,6-14H2,1-5H3,(H2,22,23,24). The first kappa shape index (κ1) is 19.9. The van der Waals surface area contributed by atoms with E-state index in [1.54, 1.807) is 0 Å². The van der Waals surface area contributed by atoms with E-state index in [0.717, 1.165) is 19.1 Å². The van der Waals surface area contributed by atoms with Crippen molar-refractivity contribution in [1.82, 2.24) is 15.5 Å². The number of guanidine groups is 1. The molecule has 3 aliphatic rings. The number of fused-ring (bicyclic) bond motifs is 1. The highest BCUT2D eigenvalue weighted by atomic mass is 16.5. The Kier molecular flexibility index (Phi) is 6.50. The summed E-state index contributed by atoms with van der Waals surface area (Å²) in [5.74, 6) is 2.23. The summed E-state index contributed by atoms with van der Waals surface area (Å²) >= 11 is 0. The monoisotopic (exact) mass is 364 g/mol. The van der Waals surface area contributed by atoms with Gasteiger partial charge in [0.25, 0.3) is 0 Å². The lowest BCUT2D eigenvalue weighted by molar-refractivity contribution is -0.106. The molecule has 0 bridgehead atoms. The first-order valence-electron chi connectivity index (χ1n) is 10.8. The Morgan fingerprint density at radius 1 is 1.19 bits per heavy atom. The van der Waals surface area contributed by atoms with Crippen LogP contribution in [0.2, 0.25) is 0 Å². The highest BCUT2D eigenvalue weighted by Crippen LogP contribution is 2.52. The van der Waals surface area contributed by atoms with Crippen molar-refractivity contribution < 1.29 is 4.74 Å². The van der Waals surface area contributed by atoms with Crippen molar-refractivity contribution in [3.05, 3.63) is 0 Å². The maximum absolute atomic E-state index is 5.93. The fourth-order valence-corrected chi connectivity index (χ4v) is 5.37. The third-order valence-electron chi connectivity index (χ3n) is 6.97. The van der Waals surface area contributed by atoms with E-state index in [1.165, 1.54) is 45.2 Å². The number of rotatable bonds is 5. The van der Waals surface area contributed by atoms with Gasteiger partial charge in [-0.2, -0.15) is 0 Å². The van der Waals surface area contributed by atoms with Crippen molar-refractivity contribution in [1.29, 1.82) is 0 Å². The molecule has 3 fully saturated rings. The summed E-state index contributed by atoms with van der Waals surface area (Å²) in [7, 11) is 1.89. The number of hydrogen-bond acceptors (Lipinski definition) is 3. The molecule has 0 amide bonds. The van der Waals surface area contributed by atoms with Crippen LogP contribution in [0.5, 0.6) is 0 Å². The van der Waals surface area contributed by atoms with E-state index in [4.69, 9.17) is 4.74 Å². The molecule has 150 valence electrons. The topological polar surface area (TPSA) is 48.9 Å². The molecule has 0 spiro atoms. The van der Waals surface area contributed by atoms with Gasteiger partial charge in [-0.05, 0) is 38.3 Å². The molecule has 0 radical (unpaired) electrons. The van der Waals surface area contributed by atoms with Gasteiger partial charge in [0.2, 0.25) is 0 Å². The summed E-state index contributed by atoms with van der Waals surface area (Å²) in [6, 6.07) is 1.03. The van der Waals surface area contributed by atoms with Gasteiger partial charge in [0.15, 0.2) is 5.96 Å². The van der Waals surface area contributed by atoms with Gasteiger partial charge in [-0.25, -0.2) is 0 Å². The molecule has 4 atom stereocenters. The van der Waals surface area contributed by atoms with Crippen molar-refractivity contribution in [3.63, 3.8) is 0 Å². The van der Waals surface area contributed by atoms with Crippen molar-refractivity contribution in [2.45, 2.75) is 78.0 Å². The lowest BCUT2D eigenvalue weighted by Gasteiger charge is -2.55. The molecule has 0 aromatic carbocycles. The lowest BCUT2D eigenvalue weighted by Crippen LogP contribution is -2.68. The van der Waals surface area contributed by atoms with E-state index in [2.05, 4.69) is 48.2 Å². The van der Waals surface area contributed by atoms with Crippen LogP contribution in [0.15, 0.2) is 4.99 Å². The van der Waals surface area contributed by atoms with Gasteiger partial charge >= 0.3 is 0 Å². The Bertz CT molecular complexity index is 482. The zero-order valence-corrected chi connectivity index (χ0v) is 17.6. The second kappa shape index (κ2) is 8.47. The molecule has 1 aliphatic carbocycles. The number of nitrogens with one attached hydrogen (secondary N) is 2. The molecule has 26 heavy (non-hydrogen) atoms. The van der Waals surface area contributed by atoms with Crippen LogP contribution >= 0.6 is 0 Å². The number of hydrogen-bond donors (Lipinski definition) is 2. The largest absolute Gasteiger partial charge is 0.377 e. The molecule has 5 nitrogen and oxygen atoms in total. The first-order valence-corrected chi connectivity index (χ1v) is 10.8. The molecule has 4 unspecified atom stereocenters. The van der Waals surface area contributed by atoms with Crippen molar-refractivity contribution in [3.8, 4) is 0 Å². The summed E-state index contributed by atoms with van der Waals surface area (Å²) in [4.78, 5) is 7.22. The summed E-state index contributed by atoms with van der Waals surface area (Å²) in [6.45, 7) is 13.7. The Morgan fingerprint density at radius 3 is 2.50 bits per heavy atom. The highest BCUT2D eigenvalue weighted by molar-refractivity contribution is 5.80. The molecule has 2 saturated heterocycles. The number of aliphatic imine (C=N–C) groups is 1. The smallest absolute Gasteiger partial charge is 0.191 e. The quantitative estimate of drug-likeness (QED) is 0.582. The summed E-state index contributed by atoms with van der Waals surface area (Å²) in [5, 5.41) is 7.36. The summed E-state index contributed by atoms with van der Waals surface area (Å²) in [6.07, 6.45) is 7.05. The van der Waals surface area contributed by atoms with Gasteiger partial charge in [-0.3, -0.25) is 9.89 Å². The fourth-order valence-electron chi connectivity index (χ4n) is 5.37. The van der Waals surface area contributed by atoms with Gasteiger partial charge in [0, 0.05) is 43.6 Å². The van der Waals surface area contributed by atoms with Crippen LogP contribution in [0, 0.1) is 17.3 Å². The van der Waals surface area contributed by atoms with Gasteiger partial charge < -0.3 is 15.4 Å². The predicted molar refractivity (Wildman–Crippen MR) is 109 cm³/mol. The normalized spacial score (nSPS) is 33.3. The minimum absolute atomic E-state index is 0.182. The van der Waals surface area contributed by atoms with E-state index in [1.807, 2.05) is 7.05 Å². The average molecular weight is 365 g/mol. The number of likely N-dealkylation sites (tertiary alicyclic amines) is 1. The zero-order valence-electron chi connectivity index (χ0n) is 17.6. The maximum Gasteiger partial charge on any atom is 0.191 e. The third-order valence-corrected chi connectivity index (χ3v) is 6.97. The Morgan fingerprint density at radius 2 is 1.88 bits per heavy atom. The van der Waals surface area contributed by atoms with Gasteiger partial charge in [0.1, 0.15) is 0 Å². The van der Waals surface area contributed by atoms with Crippen LogP contribution in [0.3, 0.4) is 0 Å². The predicted octanol–water partition coefficient (Wildman–Crippen LogP) is 2.87. The number of nitrogens with zero attached hydrogens (tertiary/aromatic N) is 2. The molecule has 2 heterocycles. The van der Waals surface area contributed by atoms with E-state index >= 15 is 0 Å². The van der Waals surface area contributed by atoms with E-state index in [-0.39, 0.29) is 5.41 Å². The van der Waals surface area contributed by atoms with Crippen LogP contribution in [0.4, 0.5) is 0 Å². The average Bonchev–Trinajstić information content (AvgIpc) is 2.90. The van der Waals surface area contributed by atoms with Crippen LogP contribution in [0.25, 0.3) is 0 Å². The Balaban J connectivity index is 1.55. The zero-order chi connectivity index (χ0) is 18.7. The molecule has 2 N–H and O–H groups in total. The van der Waals surface area contributed by atoms with Crippen molar-refractivity contribution in [2.75, 3.05) is 33.3 Å². The molecule has 1 saturated carbocycles. The summed E-state index contributed by atoms with van der Waals surface area (Å²) in [5.41, 5.74) is 0.182. The van der Waals surface area contributed by atoms with Crippen LogP contribution in [-0.2, 0) is 4.74 Å². The molecular formula is C21H40N4O. The van der Waals surface area contributed by atoms with Gasteiger partial charge in [-0.1, -0.05) is 40.5 Å². The maximum atomic E-state index is 5.93. The van der Waals surface area contributed by atoms with Gasteiger partial charge in [0.05, 0.1) is 6.10 Å². The number of ether oxygens (including phenoxy) is 1. The summed E-state index contributed by atoms with van der Waals surface area (Å²) < 4.78 is 5.93. The van der Waals surface area contributed by atoms with Crippen molar-refractivity contribution in [2.24, 2.45) is 22.2 Å². The minimum atomic E-state index is 0.182. The fraction of sp³-hybridized carbons (Fsp3) is 0.952. The van der Waals surface area contributed by atoms with Crippen LogP contribution < -0.4 is 10.6 Å². The van der Waals surface area contributed by atoms with Crippen LogP contribution in [0.1, 0.15) is 59.8 Å². The highest BCUT2D eigenvalue weighted by Gasteiger charge is 2.59.